The van der Waals surface area contributed by atoms with Gasteiger partial charge in [-0.15, -0.1) is 0 Å². The summed E-state index contributed by atoms with van der Waals surface area (Å²) in [7, 11) is 1.51. The molecule has 0 aliphatic heterocycles. The molecule has 5 heavy (non-hydrogen) atoms. The molecule has 0 aromatic carbocycles. The zero-order chi connectivity index (χ0) is 3.41. The van der Waals surface area contributed by atoms with Crippen LogP contribution in [-0.2, 0) is 4.79 Å². The molecule has 3 heteroatoms. The topological polar surface area (TPSA) is 29.1 Å². The van der Waals surface area contributed by atoms with E-state index in [1.165, 1.54) is 13.5 Å². The van der Waals surface area contributed by atoms with Gasteiger partial charge in [-0.25, -0.2) is 0 Å². The Morgan fingerprint density at radius 3 is 2.00 bits per heavy atom. The molecule has 1 amide bonds. The standard InChI is InChI=1S/C2H4NO.U/c1-3-2-4;/h1H3,(H,3,4);/q-1;. The Morgan fingerprint density at radius 1 is 1.80 bits per heavy atom. The molecule has 1 N–H and O–H groups in total. The van der Waals surface area contributed by atoms with E-state index in [-0.39, 0.29) is 31.1 Å². The molecule has 0 heterocycles. The molecule has 0 aliphatic rings. The third-order valence-corrected chi connectivity index (χ3v) is 0.102. The molecule has 0 fully saturated rings. The van der Waals surface area contributed by atoms with Gasteiger partial charge in [-0.2, -0.15) is 6.41 Å². The third kappa shape index (κ3) is 12.4. The minimum absolute atomic E-state index is 0. The van der Waals surface area contributed by atoms with Crippen LogP contribution in [0.1, 0.15) is 0 Å². The average molecular weight is 296 g/mol. The van der Waals surface area contributed by atoms with Crippen molar-refractivity contribution in [3.8, 4) is 0 Å². The van der Waals surface area contributed by atoms with Crippen molar-refractivity contribution in [2.45, 2.75) is 0 Å². The molecule has 0 saturated carbocycles. The van der Waals surface area contributed by atoms with Gasteiger partial charge in [-0.3, -0.25) is 0 Å². The van der Waals surface area contributed by atoms with E-state index in [4.69, 9.17) is 4.79 Å². The van der Waals surface area contributed by atoms with Crippen molar-refractivity contribution in [2.24, 2.45) is 0 Å². The first-order valence-electron chi connectivity index (χ1n) is 0.954. The van der Waals surface area contributed by atoms with Crippen LogP contribution in [0, 0.1) is 31.1 Å². The van der Waals surface area contributed by atoms with E-state index >= 15 is 0 Å². The summed E-state index contributed by atoms with van der Waals surface area (Å²) in [5.74, 6) is 0. The van der Waals surface area contributed by atoms with Gasteiger partial charge < -0.3 is 10.1 Å². The van der Waals surface area contributed by atoms with Crippen LogP contribution in [-0.4, -0.2) is 13.5 Å². The van der Waals surface area contributed by atoms with Gasteiger partial charge in [0.15, 0.2) is 0 Å². The van der Waals surface area contributed by atoms with Gasteiger partial charge in [-0.1, -0.05) is 0 Å². The first-order chi connectivity index (χ1) is 1.91. The zero-order valence-electron chi connectivity index (χ0n) is 2.91. The van der Waals surface area contributed by atoms with Gasteiger partial charge in [0.05, 0.1) is 0 Å². The van der Waals surface area contributed by atoms with Crippen molar-refractivity contribution in [3.05, 3.63) is 0 Å². The maximum Gasteiger partial charge on any atom is 0 e. The van der Waals surface area contributed by atoms with E-state index in [1.54, 1.807) is 0 Å². The number of nitrogens with one attached hydrogen (secondary N) is 1. The predicted molar refractivity (Wildman–Crippen MR) is 14.8 cm³/mol. The smallest absolute Gasteiger partial charge is 0 e. The molecule has 0 aromatic heterocycles. The molecule has 0 unspecified atom stereocenters. The first-order valence-corrected chi connectivity index (χ1v) is 0.954. The van der Waals surface area contributed by atoms with E-state index in [9.17, 15) is 0 Å². The van der Waals surface area contributed by atoms with Crippen molar-refractivity contribution in [1.82, 2.24) is 5.32 Å². The molecule has 0 aliphatic carbocycles. The van der Waals surface area contributed by atoms with E-state index in [0.717, 1.165) is 0 Å². The van der Waals surface area contributed by atoms with Crippen molar-refractivity contribution >= 4 is 6.41 Å². The van der Waals surface area contributed by atoms with E-state index in [1.807, 2.05) is 0 Å². The van der Waals surface area contributed by atoms with Crippen LogP contribution in [0.4, 0.5) is 0 Å². The normalized spacial score (nSPS) is 4.20. The maximum absolute atomic E-state index is 8.94. The fraction of sp³-hybridized carbons (Fsp3) is 0.500. The van der Waals surface area contributed by atoms with Gasteiger partial charge in [0, 0.05) is 31.1 Å². The van der Waals surface area contributed by atoms with E-state index in [0.29, 0.717) is 0 Å². The molecular weight excluding hydrogens is 292 g/mol. The Bertz CT molecular complexity index is 23.6. The molecule has 0 bridgehead atoms. The molecular formula is C2H4NOU-. The third-order valence-electron chi connectivity index (χ3n) is 0.102. The summed E-state index contributed by atoms with van der Waals surface area (Å²) < 4.78 is 0. The van der Waals surface area contributed by atoms with Crippen LogP contribution < -0.4 is 5.32 Å². The quantitative estimate of drug-likeness (QED) is 0.502. The number of rotatable bonds is 1. The molecule has 0 aromatic rings. The zero-order valence-corrected chi connectivity index (χ0v) is 7.07. The van der Waals surface area contributed by atoms with Gasteiger partial charge in [0.2, 0.25) is 0 Å². The van der Waals surface area contributed by atoms with Crippen molar-refractivity contribution in [1.29, 1.82) is 0 Å². The van der Waals surface area contributed by atoms with Gasteiger partial charge in [-0.05, 0) is 7.05 Å². The summed E-state index contributed by atoms with van der Waals surface area (Å²) in [5.41, 5.74) is 0. The number of hydrogen-bond donors (Lipinski definition) is 1. The summed E-state index contributed by atoms with van der Waals surface area (Å²) in [6, 6.07) is 0. The minimum Gasteiger partial charge on any atom is -0.532 e. The van der Waals surface area contributed by atoms with Gasteiger partial charge in [0.1, 0.15) is 0 Å². The first kappa shape index (κ1) is 9.10. The molecule has 0 saturated heterocycles. The van der Waals surface area contributed by atoms with Crippen LogP contribution in [0.5, 0.6) is 0 Å². The van der Waals surface area contributed by atoms with Crippen LogP contribution in [0.15, 0.2) is 0 Å². The van der Waals surface area contributed by atoms with Crippen molar-refractivity contribution < 1.29 is 35.9 Å². The molecule has 0 spiro atoms. The Hall–Kier alpha value is 0.522. The summed E-state index contributed by atoms with van der Waals surface area (Å²) in [6.07, 6.45) is 1.43. The number of hydrogen-bond acceptors (Lipinski definition) is 1. The summed E-state index contributed by atoms with van der Waals surface area (Å²) >= 11 is 0. The van der Waals surface area contributed by atoms with Crippen molar-refractivity contribution in [2.75, 3.05) is 7.05 Å². The minimum atomic E-state index is 0. The molecule has 0 atom stereocenters. The number of carbonyl (C=O) groups excluding carboxylic acids is 1. The Morgan fingerprint density at radius 2 is 2.00 bits per heavy atom. The fourth-order valence-corrected chi connectivity index (χ4v) is 0. The predicted octanol–water partition coefficient (Wildman–Crippen LogP) is -0.727. The van der Waals surface area contributed by atoms with Crippen LogP contribution in [0.2, 0.25) is 0 Å². The van der Waals surface area contributed by atoms with Crippen LogP contribution in [0.25, 0.3) is 0 Å². The SMILES string of the molecule is CN[C-]=O.[U]. The second-order valence-electron chi connectivity index (χ2n) is 0.352. The summed E-state index contributed by atoms with van der Waals surface area (Å²) in [6.45, 7) is 0. The van der Waals surface area contributed by atoms with Crippen LogP contribution in [0.3, 0.4) is 0 Å². The Balaban J connectivity index is 0. The molecule has 2 nitrogen and oxygen atoms in total. The Labute approximate surface area is 54.7 Å². The van der Waals surface area contributed by atoms with E-state index < -0.39 is 0 Å². The summed E-state index contributed by atoms with van der Waals surface area (Å²) in [4.78, 5) is 8.94. The van der Waals surface area contributed by atoms with E-state index in [2.05, 4.69) is 5.32 Å². The van der Waals surface area contributed by atoms with Gasteiger partial charge in [0.25, 0.3) is 0 Å². The largest absolute Gasteiger partial charge is 0.532 e. The molecule has 0 rings (SSSR count). The average Bonchev–Trinajstić information content (AvgIpc) is 1.37. The van der Waals surface area contributed by atoms with Gasteiger partial charge >= 0.3 is 0 Å². The molecule has 28 valence electrons. The maximum atomic E-state index is 8.94. The van der Waals surface area contributed by atoms with Crippen LogP contribution >= 0.6 is 0 Å². The van der Waals surface area contributed by atoms with Crippen molar-refractivity contribution in [3.63, 3.8) is 0 Å². The fourth-order valence-electron chi connectivity index (χ4n) is 0. The monoisotopic (exact) mass is 296 g/mol. The second-order valence-corrected chi connectivity index (χ2v) is 0.352. The summed E-state index contributed by atoms with van der Waals surface area (Å²) in [5, 5.41) is 2.12. The second kappa shape index (κ2) is 8.82. The Kier molecular flexibility index (Phi) is 16.1. The molecule has 0 radical (unpaired) electrons. The number of amides is 1.